The quantitative estimate of drug-likeness (QED) is 0.811. The van der Waals surface area contributed by atoms with Crippen LogP contribution in [0.4, 0.5) is 0 Å². The zero-order valence-electron chi connectivity index (χ0n) is 11.3. The second-order valence-electron chi connectivity index (χ2n) is 5.23. The highest BCUT2D eigenvalue weighted by Crippen LogP contribution is 2.32. The molecule has 0 radical (unpaired) electrons. The van der Waals surface area contributed by atoms with Gasteiger partial charge in [-0.05, 0) is 36.8 Å². The first kappa shape index (κ1) is 13.1. The van der Waals surface area contributed by atoms with E-state index in [1.807, 2.05) is 18.2 Å². The Hall–Kier alpha value is -1.31. The molecule has 2 unspecified atom stereocenters. The van der Waals surface area contributed by atoms with Gasteiger partial charge in [0.2, 0.25) is 0 Å². The number of hydrogen-bond acceptors (Lipinski definition) is 2. The maximum Gasteiger partial charge on any atom is 0.136 e. The number of rotatable bonds is 4. The van der Waals surface area contributed by atoms with Crippen LogP contribution in [0.15, 0.2) is 24.3 Å². The molecule has 1 aromatic carbocycles. The van der Waals surface area contributed by atoms with Crippen LogP contribution in [0.2, 0.25) is 0 Å². The van der Waals surface area contributed by atoms with E-state index in [1.165, 1.54) is 6.42 Å². The van der Waals surface area contributed by atoms with Gasteiger partial charge in [-0.25, -0.2) is 0 Å². The predicted molar refractivity (Wildman–Crippen MR) is 72.8 cm³/mol. The topological polar surface area (TPSA) is 26.3 Å². The van der Waals surface area contributed by atoms with Gasteiger partial charge in [0.15, 0.2) is 0 Å². The normalized spacial score (nSPS) is 24.0. The summed E-state index contributed by atoms with van der Waals surface area (Å²) in [5.74, 6) is 2.26. The van der Waals surface area contributed by atoms with Crippen molar-refractivity contribution >= 4 is 5.78 Å². The van der Waals surface area contributed by atoms with Gasteiger partial charge >= 0.3 is 0 Å². The van der Waals surface area contributed by atoms with Crippen LogP contribution in [-0.2, 0) is 11.2 Å². The molecular weight excluding hydrogens is 224 g/mol. The fourth-order valence-electron chi connectivity index (χ4n) is 2.91. The molecule has 0 aliphatic heterocycles. The molecule has 0 aromatic heterocycles. The number of para-hydroxylation sites is 1. The average molecular weight is 246 g/mol. The van der Waals surface area contributed by atoms with Crippen LogP contribution in [0.3, 0.4) is 0 Å². The summed E-state index contributed by atoms with van der Waals surface area (Å²) in [6, 6.07) is 8.03. The monoisotopic (exact) mass is 246 g/mol. The number of ether oxygens (including phenoxy) is 1. The lowest BCUT2D eigenvalue weighted by Crippen LogP contribution is -2.26. The summed E-state index contributed by atoms with van der Waals surface area (Å²) < 4.78 is 5.36. The minimum atomic E-state index is 0.194. The van der Waals surface area contributed by atoms with Crippen molar-refractivity contribution in [1.29, 1.82) is 0 Å². The summed E-state index contributed by atoms with van der Waals surface area (Å²) >= 11 is 0. The zero-order valence-corrected chi connectivity index (χ0v) is 11.3. The maximum absolute atomic E-state index is 12.0. The summed E-state index contributed by atoms with van der Waals surface area (Å²) in [7, 11) is 1.69. The molecule has 1 aliphatic rings. The Morgan fingerprint density at radius 1 is 1.33 bits per heavy atom. The van der Waals surface area contributed by atoms with Crippen LogP contribution < -0.4 is 4.74 Å². The van der Waals surface area contributed by atoms with E-state index in [2.05, 4.69) is 13.0 Å². The van der Waals surface area contributed by atoms with Crippen molar-refractivity contribution in [2.24, 2.45) is 11.8 Å². The molecule has 1 fully saturated rings. The van der Waals surface area contributed by atoms with Gasteiger partial charge in [-0.2, -0.15) is 0 Å². The minimum absolute atomic E-state index is 0.194. The molecule has 2 rings (SSSR count). The Morgan fingerprint density at radius 3 is 2.83 bits per heavy atom. The minimum Gasteiger partial charge on any atom is -0.496 e. The molecule has 0 spiro atoms. The summed E-state index contributed by atoms with van der Waals surface area (Å²) in [5.41, 5.74) is 1.16. The van der Waals surface area contributed by atoms with Gasteiger partial charge < -0.3 is 4.74 Å². The summed E-state index contributed by atoms with van der Waals surface area (Å²) in [6.07, 6.45) is 4.92. The van der Waals surface area contributed by atoms with Gasteiger partial charge in [-0.1, -0.05) is 31.5 Å². The van der Waals surface area contributed by atoms with Gasteiger partial charge in [0, 0.05) is 12.3 Å². The van der Waals surface area contributed by atoms with E-state index in [9.17, 15) is 4.79 Å². The average Bonchev–Trinajstić information content (AvgIpc) is 2.42. The number of ketones is 1. The molecule has 2 atom stereocenters. The van der Waals surface area contributed by atoms with Gasteiger partial charge in [0.05, 0.1) is 7.11 Å². The smallest absolute Gasteiger partial charge is 0.136 e. The third-order valence-electron chi connectivity index (χ3n) is 4.11. The van der Waals surface area contributed by atoms with Gasteiger partial charge in [0.1, 0.15) is 11.5 Å². The predicted octanol–water partition coefficient (Wildman–Crippen LogP) is 3.63. The van der Waals surface area contributed by atoms with Crippen LogP contribution in [0.1, 0.15) is 38.2 Å². The second kappa shape index (κ2) is 6.03. The van der Waals surface area contributed by atoms with Crippen LogP contribution in [0.5, 0.6) is 5.75 Å². The third-order valence-corrected chi connectivity index (χ3v) is 4.11. The van der Waals surface area contributed by atoms with Crippen LogP contribution in [-0.4, -0.2) is 12.9 Å². The molecule has 98 valence electrons. The first-order valence-corrected chi connectivity index (χ1v) is 6.89. The molecule has 1 saturated carbocycles. The van der Waals surface area contributed by atoms with Crippen molar-refractivity contribution in [3.63, 3.8) is 0 Å². The highest BCUT2D eigenvalue weighted by atomic mass is 16.5. The highest BCUT2D eigenvalue weighted by Gasteiger charge is 2.28. The lowest BCUT2D eigenvalue weighted by atomic mass is 9.77. The van der Waals surface area contributed by atoms with E-state index < -0.39 is 0 Å². The number of carbonyl (C=O) groups is 1. The van der Waals surface area contributed by atoms with E-state index in [-0.39, 0.29) is 5.92 Å². The summed E-state index contributed by atoms with van der Waals surface area (Å²) in [6.45, 7) is 2.22. The molecule has 2 heteroatoms. The first-order chi connectivity index (χ1) is 8.74. The van der Waals surface area contributed by atoms with E-state index in [0.29, 0.717) is 5.78 Å². The molecule has 1 aromatic rings. The van der Waals surface area contributed by atoms with Crippen molar-refractivity contribution in [1.82, 2.24) is 0 Å². The van der Waals surface area contributed by atoms with Gasteiger partial charge in [0.25, 0.3) is 0 Å². The highest BCUT2D eigenvalue weighted by molar-refractivity contribution is 5.82. The Kier molecular flexibility index (Phi) is 4.40. The maximum atomic E-state index is 12.0. The van der Waals surface area contributed by atoms with E-state index in [1.54, 1.807) is 7.11 Å². The molecule has 0 heterocycles. The van der Waals surface area contributed by atoms with Crippen molar-refractivity contribution in [2.75, 3.05) is 7.11 Å². The first-order valence-electron chi connectivity index (χ1n) is 6.89. The Morgan fingerprint density at radius 2 is 2.11 bits per heavy atom. The number of hydrogen-bond donors (Lipinski definition) is 0. The molecular formula is C16H22O2. The van der Waals surface area contributed by atoms with Crippen LogP contribution in [0.25, 0.3) is 0 Å². The van der Waals surface area contributed by atoms with Crippen molar-refractivity contribution in [3.8, 4) is 5.75 Å². The SMILES string of the molecule is CCC1CCC(=O)C(Cc2ccccc2OC)C1. The summed E-state index contributed by atoms with van der Waals surface area (Å²) in [5, 5.41) is 0. The Balaban J connectivity index is 2.09. The molecule has 18 heavy (non-hydrogen) atoms. The van der Waals surface area contributed by atoms with Crippen molar-refractivity contribution < 1.29 is 9.53 Å². The van der Waals surface area contributed by atoms with Crippen LogP contribution in [0, 0.1) is 11.8 Å². The Bertz CT molecular complexity index is 411. The standard InChI is InChI=1S/C16H22O2/c1-3-12-8-9-15(17)14(10-12)11-13-6-4-5-7-16(13)18-2/h4-7,12,14H,3,8-11H2,1-2H3. The molecule has 2 nitrogen and oxygen atoms in total. The number of carbonyl (C=O) groups excluding carboxylic acids is 1. The molecule has 0 N–H and O–H groups in total. The van der Waals surface area contributed by atoms with E-state index >= 15 is 0 Å². The van der Waals surface area contributed by atoms with Crippen LogP contribution >= 0.6 is 0 Å². The molecule has 1 aliphatic carbocycles. The van der Waals surface area contributed by atoms with Crippen molar-refractivity contribution in [2.45, 2.75) is 39.0 Å². The number of benzene rings is 1. The molecule has 0 amide bonds. The Labute approximate surface area is 109 Å². The van der Waals surface area contributed by atoms with Gasteiger partial charge in [-0.15, -0.1) is 0 Å². The fourth-order valence-corrected chi connectivity index (χ4v) is 2.91. The van der Waals surface area contributed by atoms with E-state index in [0.717, 1.165) is 42.9 Å². The molecule has 0 saturated heterocycles. The third kappa shape index (κ3) is 2.92. The number of methoxy groups -OCH3 is 1. The van der Waals surface area contributed by atoms with Crippen molar-refractivity contribution in [3.05, 3.63) is 29.8 Å². The second-order valence-corrected chi connectivity index (χ2v) is 5.23. The van der Waals surface area contributed by atoms with Gasteiger partial charge in [-0.3, -0.25) is 4.79 Å². The fraction of sp³-hybridized carbons (Fsp3) is 0.562. The molecule has 0 bridgehead atoms. The lowest BCUT2D eigenvalue weighted by Gasteiger charge is -2.27. The lowest BCUT2D eigenvalue weighted by molar-refractivity contribution is -0.125. The van der Waals surface area contributed by atoms with E-state index in [4.69, 9.17) is 4.74 Å². The number of Topliss-reactive ketones (excluding diaryl/α,β-unsaturated/α-hetero) is 1. The zero-order chi connectivity index (χ0) is 13.0. The largest absolute Gasteiger partial charge is 0.496 e. The summed E-state index contributed by atoms with van der Waals surface area (Å²) in [4.78, 5) is 12.0.